The van der Waals surface area contributed by atoms with Crippen LogP contribution in [0.1, 0.15) is 12.8 Å². The lowest BCUT2D eigenvalue weighted by molar-refractivity contribution is -0.307. The van der Waals surface area contributed by atoms with Gasteiger partial charge in [0.1, 0.15) is 0 Å². The third kappa shape index (κ3) is 2.98. The number of nitrogens with zero attached hydrogens (tertiary/aromatic N) is 3. The summed E-state index contributed by atoms with van der Waals surface area (Å²) in [5, 5.41) is 12.4. The number of fused-ring (bicyclic) bond motifs is 1. The lowest BCUT2D eigenvalue weighted by Crippen LogP contribution is -2.45. The van der Waals surface area contributed by atoms with E-state index in [1.807, 2.05) is 48.5 Å². The summed E-state index contributed by atoms with van der Waals surface area (Å²) in [4.78, 5) is 22.5. The van der Waals surface area contributed by atoms with Crippen LogP contribution in [0.3, 0.4) is 0 Å². The van der Waals surface area contributed by atoms with Crippen molar-refractivity contribution in [1.82, 2.24) is 9.97 Å². The Bertz CT molecular complexity index is 946. The summed E-state index contributed by atoms with van der Waals surface area (Å²) >= 11 is 3.50. The van der Waals surface area contributed by atoms with Gasteiger partial charge in [0.25, 0.3) is 0 Å². The average Bonchev–Trinajstić information content (AvgIpc) is 3.12. The largest absolute Gasteiger partial charge is 0.548 e. The Kier molecular flexibility index (Phi) is 4.13. The molecule has 0 bridgehead atoms. The van der Waals surface area contributed by atoms with E-state index in [1.165, 1.54) is 0 Å². The predicted molar refractivity (Wildman–Crippen MR) is 98.0 cm³/mol. The molecule has 0 unspecified atom stereocenters. The number of hydrogen-bond donors (Lipinski definition) is 0. The summed E-state index contributed by atoms with van der Waals surface area (Å²) in [5.74, 6) is -0.626. The Hall–Kier alpha value is -2.47. The van der Waals surface area contributed by atoms with Crippen LogP contribution in [0.2, 0.25) is 0 Å². The summed E-state index contributed by atoms with van der Waals surface area (Å²) in [6, 6.07) is 15.0. The highest BCUT2D eigenvalue weighted by Gasteiger charge is 2.28. The fourth-order valence-corrected chi connectivity index (χ4v) is 3.65. The van der Waals surface area contributed by atoms with Crippen molar-refractivity contribution in [2.75, 3.05) is 11.4 Å². The van der Waals surface area contributed by atoms with E-state index in [0.717, 1.165) is 33.1 Å². The summed E-state index contributed by atoms with van der Waals surface area (Å²) < 4.78 is 0.947. The molecule has 2 heterocycles. The van der Waals surface area contributed by atoms with Gasteiger partial charge in [-0.05, 0) is 31.0 Å². The average molecular weight is 397 g/mol. The lowest BCUT2D eigenvalue weighted by Gasteiger charge is -2.26. The second-order valence-corrected chi connectivity index (χ2v) is 6.99. The van der Waals surface area contributed by atoms with Crippen molar-refractivity contribution in [2.45, 2.75) is 18.9 Å². The second-order valence-electron chi connectivity index (χ2n) is 6.07. The van der Waals surface area contributed by atoms with E-state index in [2.05, 4.69) is 20.9 Å². The highest BCUT2D eigenvalue weighted by Crippen LogP contribution is 2.32. The van der Waals surface area contributed by atoms with Crippen LogP contribution in [0.5, 0.6) is 0 Å². The molecule has 1 aromatic heterocycles. The Labute approximate surface area is 153 Å². The Balaban J connectivity index is 1.93. The van der Waals surface area contributed by atoms with E-state index in [0.29, 0.717) is 18.9 Å². The highest BCUT2D eigenvalue weighted by molar-refractivity contribution is 9.10. The molecule has 6 heteroatoms. The third-order valence-electron chi connectivity index (χ3n) is 4.47. The van der Waals surface area contributed by atoms with Gasteiger partial charge >= 0.3 is 0 Å². The number of carbonyl (C=O) groups is 1. The maximum atomic E-state index is 11.4. The molecule has 1 atom stereocenters. The minimum Gasteiger partial charge on any atom is -0.548 e. The minimum absolute atomic E-state index is 0.445. The maximum Gasteiger partial charge on any atom is 0.227 e. The molecule has 4 rings (SSSR count). The zero-order chi connectivity index (χ0) is 17.4. The first-order valence-electron chi connectivity index (χ1n) is 8.14. The Morgan fingerprint density at radius 1 is 1.16 bits per heavy atom. The van der Waals surface area contributed by atoms with Crippen molar-refractivity contribution in [3.8, 4) is 11.3 Å². The molecule has 1 aliphatic rings. The molecule has 0 aliphatic carbocycles. The van der Waals surface area contributed by atoms with Gasteiger partial charge in [0.2, 0.25) is 5.95 Å². The van der Waals surface area contributed by atoms with Crippen LogP contribution in [0.4, 0.5) is 5.95 Å². The van der Waals surface area contributed by atoms with Gasteiger partial charge in [-0.2, -0.15) is 0 Å². The number of hydrogen-bond acceptors (Lipinski definition) is 5. The summed E-state index contributed by atoms with van der Waals surface area (Å²) in [6.45, 7) is 0.620. The quantitative estimate of drug-likeness (QED) is 0.680. The van der Waals surface area contributed by atoms with Crippen molar-refractivity contribution < 1.29 is 9.90 Å². The number of aliphatic carboxylic acids is 1. The summed E-state index contributed by atoms with van der Waals surface area (Å²) in [5.41, 5.74) is 2.56. The van der Waals surface area contributed by atoms with Gasteiger partial charge in [0.15, 0.2) is 0 Å². The first-order valence-corrected chi connectivity index (χ1v) is 8.93. The molecule has 5 nitrogen and oxygen atoms in total. The number of aromatic nitrogens is 2. The molecule has 0 radical (unpaired) electrons. The fraction of sp³-hybridized carbons (Fsp3) is 0.211. The van der Waals surface area contributed by atoms with Crippen LogP contribution < -0.4 is 10.0 Å². The van der Waals surface area contributed by atoms with E-state index >= 15 is 0 Å². The first kappa shape index (κ1) is 16.0. The lowest BCUT2D eigenvalue weighted by atomic mass is 10.1. The van der Waals surface area contributed by atoms with Crippen molar-refractivity contribution in [3.63, 3.8) is 0 Å². The molecular weight excluding hydrogens is 382 g/mol. The van der Waals surface area contributed by atoms with Crippen LogP contribution in [0, 0.1) is 0 Å². The van der Waals surface area contributed by atoms with Crippen LogP contribution in [-0.4, -0.2) is 28.5 Å². The van der Waals surface area contributed by atoms with Crippen molar-refractivity contribution >= 4 is 38.8 Å². The van der Waals surface area contributed by atoms with Gasteiger partial charge in [-0.3, -0.25) is 0 Å². The predicted octanol–water partition coefficient (Wildman–Crippen LogP) is 2.78. The number of rotatable bonds is 3. The number of halogens is 1. The van der Waals surface area contributed by atoms with Crippen LogP contribution in [-0.2, 0) is 4.79 Å². The fourth-order valence-electron chi connectivity index (χ4n) is 3.28. The number of carboxylic acids is 1. The minimum atomic E-state index is -1.07. The van der Waals surface area contributed by atoms with Crippen LogP contribution >= 0.6 is 15.9 Å². The van der Waals surface area contributed by atoms with E-state index in [-0.39, 0.29) is 0 Å². The molecule has 0 spiro atoms. The molecule has 0 N–H and O–H groups in total. The molecule has 2 aromatic carbocycles. The molecule has 1 fully saturated rings. The summed E-state index contributed by atoms with van der Waals surface area (Å²) in [6.07, 6.45) is 1.35. The van der Waals surface area contributed by atoms with E-state index < -0.39 is 12.0 Å². The zero-order valence-electron chi connectivity index (χ0n) is 13.4. The summed E-state index contributed by atoms with van der Waals surface area (Å²) in [7, 11) is 0. The maximum absolute atomic E-state index is 11.4. The van der Waals surface area contributed by atoms with Gasteiger partial charge in [0.05, 0.1) is 23.2 Å². The standard InChI is InChI=1S/C19H16BrN3O2/c20-13-8-9-15-14(11-13)17(12-5-2-1-3-6-12)22-19(21-15)23-10-4-7-16(23)18(24)25/h1-3,5-6,8-9,11,16H,4,7,10H2,(H,24,25)/p-1/t16-/m1/s1. The normalized spacial score (nSPS) is 17.2. The number of carbonyl (C=O) groups excluding carboxylic acids is 1. The van der Waals surface area contributed by atoms with Gasteiger partial charge in [-0.1, -0.05) is 46.3 Å². The molecule has 0 amide bonds. The molecule has 1 aliphatic heterocycles. The monoisotopic (exact) mass is 396 g/mol. The van der Waals surface area contributed by atoms with Crippen molar-refractivity contribution in [1.29, 1.82) is 0 Å². The van der Waals surface area contributed by atoms with Gasteiger partial charge in [0, 0.05) is 22.0 Å². The zero-order valence-corrected chi connectivity index (χ0v) is 14.9. The second kappa shape index (κ2) is 6.44. The molecule has 0 saturated carbocycles. The smallest absolute Gasteiger partial charge is 0.227 e. The SMILES string of the molecule is O=C([O-])[C@H]1CCCN1c1nc(-c2ccccc2)c2cc(Br)ccc2n1. The molecule has 126 valence electrons. The van der Waals surface area contributed by atoms with E-state index in [4.69, 9.17) is 4.98 Å². The van der Waals surface area contributed by atoms with Gasteiger partial charge in [-0.25, -0.2) is 9.97 Å². The van der Waals surface area contributed by atoms with Crippen LogP contribution in [0.15, 0.2) is 53.0 Å². The number of carboxylic acid groups (broad SMARTS) is 1. The highest BCUT2D eigenvalue weighted by atomic mass is 79.9. The Morgan fingerprint density at radius 3 is 2.72 bits per heavy atom. The molecular formula is C19H15BrN3O2-. The van der Waals surface area contributed by atoms with Crippen molar-refractivity contribution in [3.05, 3.63) is 53.0 Å². The Morgan fingerprint density at radius 2 is 1.96 bits per heavy atom. The molecule has 1 saturated heterocycles. The number of benzene rings is 2. The first-order chi connectivity index (χ1) is 12.1. The van der Waals surface area contributed by atoms with Gasteiger partial charge < -0.3 is 14.8 Å². The van der Waals surface area contributed by atoms with E-state index in [1.54, 1.807) is 4.90 Å². The van der Waals surface area contributed by atoms with Gasteiger partial charge in [-0.15, -0.1) is 0 Å². The number of anilines is 1. The molecule has 3 aromatic rings. The third-order valence-corrected chi connectivity index (χ3v) is 4.97. The van der Waals surface area contributed by atoms with Crippen molar-refractivity contribution in [2.24, 2.45) is 0 Å². The topological polar surface area (TPSA) is 69.2 Å². The molecule has 25 heavy (non-hydrogen) atoms. The van der Waals surface area contributed by atoms with E-state index in [9.17, 15) is 9.90 Å². The van der Waals surface area contributed by atoms with Crippen LogP contribution in [0.25, 0.3) is 22.2 Å².